The van der Waals surface area contributed by atoms with Gasteiger partial charge in [0.1, 0.15) is 5.41 Å². The summed E-state index contributed by atoms with van der Waals surface area (Å²) in [6, 6.07) is 0. The molecule has 0 bridgehead atoms. The van der Waals surface area contributed by atoms with Crippen molar-refractivity contribution in [3.8, 4) is 0 Å². The second kappa shape index (κ2) is 3.45. The van der Waals surface area contributed by atoms with Gasteiger partial charge in [-0.2, -0.15) is 0 Å². The fraction of sp³-hybridized carbons (Fsp3) is 0.615. The van der Waals surface area contributed by atoms with Gasteiger partial charge in [0.15, 0.2) is 0 Å². The highest BCUT2D eigenvalue weighted by atomic mass is 16.5. The Bertz CT molecular complexity index is 374. The molecule has 2 aliphatic carbocycles. The van der Waals surface area contributed by atoms with Crippen LogP contribution in [0.2, 0.25) is 0 Å². The minimum Gasteiger partial charge on any atom is -0.369 e. The second-order valence-corrected chi connectivity index (χ2v) is 5.03. The Hall–Kier alpha value is -1.09. The molecule has 3 unspecified atom stereocenters. The largest absolute Gasteiger partial charge is 0.369 e. The molecule has 3 rings (SSSR count). The molecule has 4 atom stereocenters. The van der Waals surface area contributed by atoms with E-state index in [0.29, 0.717) is 0 Å². The summed E-state index contributed by atoms with van der Waals surface area (Å²) in [5, 5.41) is 0. The van der Waals surface area contributed by atoms with Gasteiger partial charge < -0.3 is 10.5 Å². The van der Waals surface area contributed by atoms with Crippen molar-refractivity contribution in [3.05, 3.63) is 24.3 Å². The summed E-state index contributed by atoms with van der Waals surface area (Å²) >= 11 is 0. The van der Waals surface area contributed by atoms with Gasteiger partial charge in [-0.3, -0.25) is 4.79 Å². The van der Waals surface area contributed by atoms with Gasteiger partial charge in [0, 0.05) is 5.92 Å². The molecule has 86 valence electrons. The van der Waals surface area contributed by atoms with Crippen LogP contribution in [0.4, 0.5) is 0 Å². The van der Waals surface area contributed by atoms with Crippen LogP contribution >= 0.6 is 0 Å². The number of carbonyl (C=O) groups is 1. The smallest absolute Gasteiger partial charge is 0.230 e. The first kappa shape index (κ1) is 10.1. The van der Waals surface area contributed by atoms with Crippen LogP contribution < -0.4 is 5.73 Å². The van der Waals surface area contributed by atoms with Crippen molar-refractivity contribution >= 4 is 5.91 Å². The molecule has 3 nitrogen and oxygen atoms in total. The van der Waals surface area contributed by atoms with Crippen LogP contribution in [0.1, 0.15) is 25.7 Å². The number of ether oxygens (including phenoxy) is 1. The highest BCUT2D eigenvalue weighted by molar-refractivity contribution is 5.85. The summed E-state index contributed by atoms with van der Waals surface area (Å²) in [6.45, 7) is 0. The molecule has 0 radical (unpaired) electrons. The molecule has 1 saturated heterocycles. The number of rotatable bonds is 1. The van der Waals surface area contributed by atoms with Gasteiger partial charge in [0.25, 0.3) is 0 Å². The molecule has 1 heterocycles. The molecule has 16 heavy (non-hydrogen) atoms. The Morgan fingerprint density at radius 1 is 1.31 bits per heavy atom. The third-order valence-corrected chi connectivity index (χ3v) is 4.30. The maximum absolute atomic E-state index is 11.9. The number of allylic oxidation sites excluding steroid dienone is 2. The SMILES string of the molecule is NC(=O)[C@]12C=CC=CC1OC1CCCCC12. The predicted octanol–water partition coefficient (Wildman–Crippen LogP) is 1.54. The molecular formula is C13H17NO2. The van der Waals surface area contributed by atoms with Crippen LogP contribution in [-0.4, -0.2) is 18.1 Å². The van der Waals surface area contributed by atoms with Crippen molar-refractivity contribution < 1.29 is 9.53 Å². The topological polar surface area (TPSA) is 52.3 Å². The zero-order chi connectivity index (χ0) is 11.2. The molecule has 0 spiro atoms. The number of nitrogens with two attached hydrogens (primary N) is 1. The van der Waals surface area contributed by atoms with Crippen molar-refractivity contribution in [2.24, 2.45) is 17.1 Å². The van der Waals surface area contributed by atoms with Gasteiger partial charge in [-0.15, -0.1) is 0 Å². The first-order valence-electron chi connectivity index (χ1n) is 6.06. The number of carbonyl (C=O) groups excluding carboxylic acids is 1. The normalized spacial score (nSPS) is 45.1. The Morgan fingerprint density at radius 3 is 2.94 bits per heavy atom. The summed E-state index contributed by atoms with van der Waals surface area (Å²) < 4.78 is 6.00. The predicted molar refractivity (Wildman–Crippen MR) is 60.5 cm³/mol. The zero-order valence-corrected chi connectivity index (χ0v) is 9.26. The molecule has 2 fully saturated rings. The van der Waals surface area contributed by atoms with Gasteiger partial charge in [-0.25, -0.2) is 0 Å². The monoisotopic (exact) mass is 219 g/mol. The minimum atomic E-state index is -0.570. The third kappa shape index (κ3) is 1.15. The van der Waals surface area contributed by atoms with E-state index in [1.165, 1.54) is 12.8 Å². The summed E-state index contributed by atoms with van der Waals surface area (Å²) in [6.07, 6.45) is 12.4. The van der Waals surface area contributed by atoms with E-state index in [1.807, 2.05) is 24.3 Å². The quantitative estimate of drug-likeness (QED) is 0.727. The Labute approximate surface area is 95.3 Å². The molecule has 0 aromatic rings. The first-order valence-corrected chi connectivity index (χ1v) is 6.06. The molecule has 3 aliphatic rings. The lowest BCUT2D eigenvalue weighted by Gasteiger charge is -2.35. The standard InChI is InChI=1S/C13H17NO2/c14-12(15)13-8-4-3-7-11(13)16-10-6-2-1-5-9(10)13/h3-4,7-11H,1-2,5-6H2,(H2,14,15)/t9?,10?,11?,13-/m0/s1. The van der Waals surface area contributed by atoms with Gasteiger partial charge in [-0.05, 0) is 12.8 Å². The number of primary amides is 1. The molecule has 3 heteroatoms. The number of hydrogen-bond donors (Lipinski definition) is 1. The highest BCUT2D eigenvalue weighted by Crippen LogP contribution is 2.52. The van der Waals surface area contributed by atoms with Gasteiger partial charge in [-0.1, -0.05) is 37.1 Å². The lowest BCUT2D eigenvalue weighted by Crippen LogP contribution is -2.47. The van der Waals surface area contributed by atoms with E-state index in [2.05, 4.69) is 0 Å². The van der Waals surface area contributed by atoms with Crippen molar-refractivity contribution in [1.82, 2.24) is 0 Å². The molecule has 0 aromatic heterocycles. The average Bonchev–Trinajstić information content (AvgIpc) is 2.64. The van der Waals surface area contributed by atoms with Gasteiger partial charge >= 0.3 is 0 Å². The Morgan fingerprint density at radius 2 is 2.12 bits per heavy atom. The molecule has 1 aliphatic heterocycles. The van der Waals surface area contributed by atoms with E-state index in [1.54, 1.807) is 0 Å². The zero-order valence-electron chi connectivity index (χ0n) is 9.26. The van der Waals surface area contributed by atoms with E-state index in [-0.39, 0.29) is 24.0 Å². The van der Waals surface area contributed by atoms with E-state index in [0.717, 1.165) is 12.8 Å². The highest BCUT2D eigenvalue weighted by Gasteiger charge is 2.58. The van der Waals surface area contributed by atoms with Crippen LogP contribution in [0.25, 0.3) is 0 Å². The van der Waals surface area contributed by atoms with Gasteiger partial charge in [0.05, 0.1) is 12.2 Å². The average molecular weight is 219 g/mol. The lowest BCUT2D eigenvalue weighted by atomic mass is 9.65. The fourth-order valence-corrected chi connectivity index (χ4v) is 3.53. The summed E-state index contributed by atoms with van der Waals surface area (Å²) in [4.78, 5) is 11.9. The summed E-state index contributed by atoms with van der Waals surface area (Å²) in [5.41, 5.74) is 5.08. The second-order valence-electron chi connectivity index (χ2n) is 5.03. The molecule has 0 aromatic carbocycles. The van der Waals surface area contributed by atoms with E-state index in [4.69, 9.17) is 10.5 Å². The number of hydrogen-bond acceptors (Lipinski definition) is 2. The Kier molecular flexibility index (Phi) is 2.18. The van der Waals surface area contributed by atoms with Crippen LogP contribution in [0, 0.1) is 11.3 Å². The van der Waals surface area contributed by atoms with Crippen molar-refractivity contribution in [3.63, 3.8) is 0 Å². The molecule has 1 saturated carbocycles. The summed E-state index contributed by atoms with van der Waals surface area (Å²) in [7, 11) is 0. The maximum atomic E-state index is 11.9. The van der Waals surface area contributed by atoms with Gasteiger partial charge in [0.2, 0.25) is 5.91 Å². The molecule has 1 amide bonds. The van der Waals surface area contributed by atoms with E-state index in [9.17, 15) is 4.79 Å². The van der Waals surface area contributed by atoms with Crippen molar-refractivity contribution in [2.45, 2.75) is 37.9 Å². The summed E-state index contributed by atoms with van der Waals surface area (Å²) in [5.74, 6) is 0.0532. The first-order chi connectivity index (χ1) is 7.75. The third-order valence-electron chi connectivity index (χ3n) is 4.30. The lowest BCUT2D eigenvalue weighted by molar-refractivity contribution is -0.128. The van der Waals surface area contributed by atoms with Crippen molar-refractivity contribution in [1.29, 1.82) is 0 Å². The van der Waals surface area contributed by atoms with Crippen LogP contribution in [0.15, 0.2) is 24.3 Å². The fourth-order valence-electron chi connectivity index (χ4n) is 3.53. The maximum Gasteiger partial charge on any atom is 0.230 e. The Balaban J connectivity index is 2.04. The van der Waals surface area contributed by atoms with Crippen LogP contribution in [0.5, 0.6) is 0 Å². The van der Waals surface area contributed by atoms with Crippen molar-refractivity contribution in [2.75, 3.05) is 0 Å². The van der Waals surface area contributed by atoms with Crippen LogP contribution in [-0.2, 0) is 9.53 Å². The van der Waals surface area contributed by atoms with Crippen LogP contribution in [0.3, 0.4) is 0 Å². The molecule has 2 N–H and O–H groups in total. The van der Waals surface area contributed by atoms with E-state index >= 15 is 0 Å². The molecular weight excluding hydrogens is 202 g/mol. The minimum absolute atomic E-state index is 0.136. The number of fused-ring (bicyclic) bond motifs is 3. The van der Waals surface area contributed by atoms with E-state index < -0.39 is 5.41 Å². The number of amides is 1.